The molecule has 0 radical (unpaired) electrons. The van der Waals surface area contributed by atoms with Crippen LogP contribution in [0.15, 0.2) is 61.1 Å². The molecule has 0 spiro atoms. The number of Topliss-reactive ketones (excluding diaryl/α,β-unsaturated/α-hetero) is 1. The molecule has 0 fully saturated rings. The second-order valence-corrected chi connectivity index (χ2v) is 5.06. The fraction of sp³-hybridized carbons (Fsp3) is 0.167. The summed E-state index contributed by atoms with van der Waals surface area (Å²) in [6.45, 7) is 0. The number of hydrogen-bond donors (Lipinski definition) is 0. The Morgan fingerprint density at radius 2 is 1.90 bits per heavy atom. The standard InChI is InChI=1S/C18H16N2O/c21-16(8-7-14-4-3-10-19-13-14)12-15-9-11-20-18-6-2-1-5-17(15)18/h1-6,9-11,13H,7-8,12H2. The number of hydrogen-bond acceptors (Lipinski definition) is 3. The van der Waals surface area contributed by atoms with Gasteiger partial charge in [0.25, 0.3) is 0 Å². The minimum Gasteiger partial charge on any atom is -0.299 e. The van der Waals surface area contributed by atoms with Crippen LogP contribution in [0.4, 0.5) is 0 Å². The largest absolute Gasteiger partial charge is 0.299 e. The van der Waals surface area contributed by atoms with Gasteiger partial charge in [0.15, 0.2) is 0 Å². The molecule has 3 heteroatoms. The lowest BCUT2D eigenvalue weighted by atomic mass is 10.0. The maximum absolute atomic E-state index is 12.2. The van der Waals surface area contributed by atoms with E-state index in [0.29, 0.717) is 12.8 Å². The highest BCUT2D eigenvalue weighted by molar-refractivity contribution is 5.88. The average Bonchev–Trinajstić information content (AvgIpc) is 2.54. The van der Waals surface area contributed by atoms with Gasteiger partial charge < -0.3 is 0 Å². The number of para-hydroxylation sites is 1. The summed E-state index contributed by atoms with van der Waals surface area (Å²) in [7, 11) is 0. The van der Waals surface area contributed by atoms with Crippen molar-refractivity contribution in [2.24, 2.45) is 0 Å². The van der Waals surface area contributed by atoms with Crippen LogP contribution in [-0.2, 0) is 17.6 Å². The first kappa shape index (κ1) is 13.4. The first-order chi connectivity index (χ1) is 10.3. The van der Waals surface area contributed by atoms with E-state index in [-0.39, 0.29) is 5.78 Å². The molecule has 104 valence electrons. The highest BCUT2D eigenvalue weighted by Gasteiger charge is 2.08. The topological polar surface area (TPSA) is 42.9 Å². The van der Waals surface area contributed by atoms with Gasteiger partial charge in [-0.25, -0.2) is 0 Å². The van der Waals surface area contributed by atoms with E-state index < -0.39 is 0 Å². The number of benzene rings is 1. The Kier molecular flexibility index (Phi) is 4.01. The molecule has 2 heterocycles. The van der Waals surface area contributed by atoms with Crippen LogP contribution in [0.2, 0.25) is 0 Å². The van der Waals surface area contributed by atoms with Crippen molar-refractivity contribution in [3.05, 3.63) is 72.2 Å². The normalized spacial score (nSPS) is 10.7. The predicted molar refractivity (Wildman–Crippen MR) is 83.0 cm³/mol. The molecular weight excluding hydrogens is 260 g/mol. The zero-order valence-electron chi connectivity index (χ0n) is 11.7. The molecule has 0 saturated carbocycles. The molecule has 0 aliphatic rings. The third kappa shape index (κ3) is 3.31. The number of aromatic nitrogens is 2. The molecular formula is C18H16N2O. The molecule has 0 saturated heterocycles. The van der Waals surface area contributed by atoms with Gasteiger partial charge in [-0.05, 0) is 35.7 Å². The number of ketones is 1. The number of carbonyl (C=O) groups excluding carboxylic acids is 1. The summed E-state index contributed by atoms with van der Waals surface area (Å²) in [5, 5.41) is 1.06. The second kappa shape index (κ2) is 6.27. The Hall–Kier alpha value is -2.55. The van der Waals surface area contributed by atoms with Crippen molar-refractivity contribution in [1.29, 1.82) is 0 Å². The van der Waals surface area contributed by atoms with Gasteiger partial charge in [0.1, 0.15) is 5.78 Å². The van der Waals surface area contributed by atoms with Crippen LogP contribution in [0.1, 0.15) is 17.5 Å². The minimum atomic E-state index is 0.246. The van der Waals surface area contributed by atoms with Crippen molar-refractivity contribution < 1.29 is 4.79 Å². The first-order valence-corrected chi connectivity index (χ1v) is 7.06. The zero-order valence-corrected chi connectivity index (χ0v) is 11.7. The van der Waals surface area contributed by atoms with Gasteiger partial charge in [-0.3, -0.25) is 14.8 Å². The summed E-state index contributed by atoms with van der Waals surface area (Å²) < 4.78 is 0. The molecule has 3 nitrogen and oxygen atoms in total. The van der Waals surface area contributed by atoms with Gasteiger partial charge in [0, 0.05) is 36.8 Å². The Morgan fingerprint density at radius 3 is 2.76 bits per heavy atom. The van der Waals surface area contributed by atoms with Gasteiger partial charge >= 0.3 is 0 Å². The third-order valence-electron chi connectivity index (χ3n) is 3.54. The van der Waals surface area contributed by atoms with E-state index in [2.05, 4.69) is 9.97 Å². The molecule has 3 aromatic rings. The second-order valence-electron chi connectivity index (χ2n) is 5.06. The zero-order chi connectivity index (χ0) is 14.5. The number of pyridine rings is 2. The Morgan fingerprint density at radius 1 is 1.00 bits per heavy atom. The van der Waals surface area contributed by atoms with E-state index in [1.165, 1.54) is 0 Å². The van der Waals surface area contributed by atoms with Crippen LogP contribution in [0, 0.1) is 0 Å². The van der Waals surface area contributed by atoms with Crippen LogP contribution >= 0.6 is 0 Å². The van der Waals surface area contributed by atoms with Gasteiger partial charge in [0.05, 0.1) is 5.52 Å². The Balaban J connectivity index is 1.69. The third-order valence-corrected chi connectivity index (χ3v) is 3.54. The van der Waals surface area contributed by atoms with Crippen molar-refractivity contribution in [3.8, 4) is 0 Å². The summed E-state index contributed by atoms with van der Waals surface area (Å²) in [5.41, 5.74) is 3.09. The van der Waals surface area contributed by atoms with E-state index in [4.69, 9.17) is 0 Å². The van der Waals surface area contributed by atoms with Crippen LogP contribution in [0.5, 0.6) is 0 Å². The van der Waals surface area contributed by atoms with Crippen LogP contribution in [0.3, 0.4) is 0 Å². The van der Waals surface area contributed by atoms with E-state index in [9.17, 15) is 4.79 Å². The number of fused-ring (bicyclic) bond motifs is 1. The molecule has 21 heavy (non-hydrogen) atoms. The molecule has 0 N–H and O–H groups in total. The van der Waals surface area contributed by atoms with Crippen LogP contribution in [-0.4, -0.2) is 15.8 Å². The van der Waals surface area contributed by atoms with E-state index in [0.717, 1.165) is 28.5 Å². The summed E-state index contributed by atoms with van der Waals surface area (Å²) in [6, 6.07) is 13.8. The molecule has 1 aromatic carbocycles. The Labute approximate surface area is 123 Å². The highest BCUT2D eigenvalue weighted by atomic mass is 16.1. The van der Waals surface area contributed by atoms with Crippen LogP contribution < -0.4 is 0 Å². The summed E-state index contributed by atoms with van der Waals surface area (Å²) in [6.07, 6.45) is 7.08. The number of rotatable bonds is 5. The van der Waals surface area contributed by atoms with Crippen molar-refractivity contribution in [1.82, 2.24) is 9.97 Å². The molecule has 0 aliphatic heterocycles. The summed E-state index contributed by atoms with van der Waals surface area (Å²) in [5.74, 6) is 0.246. The predicted octanol–water partition coefficient (Wildman–Crippen LogP) is 3.37. The smallest absolute Gasteiger partial charge is 0.137 e. The van der Waals surface area contributed by atoms with Gasteiger partial charge in [-0.2, -0.15) is 0 Å². The Bertz CT molecular complexity index is 748. The lowest BCUT2D eigenvalue weighted by molar-refractivity contribution is -0.118. The highest BCUT2D eigenvalue weighted by Crippen LogP contribution is 2.17. The maximum Gasteiger partial charge on any atom is 0.137 e. The fourth-order valence-corrected chi connectivity index (χ4v) is 2.44. The quantitative estimate of drug-likeness (QED) is 0.717. The van der Waals surface area contributed by atoms with Gasteiger partial charge in [0.2, 0.25) is 0 Å². The van der Waals surface area contributed by atoms with Crippen molar-refractivity contribution >= 4 is 16.7 Å². The number of aryl methyl sites for hydroxylation is 1. The monoisotopic (exact) mass is 276 g/mol. The molecule has 3 rings (SSSR count). The van der Waals surface area contributed by atoms with E-state index in [1.54, 1.807) is 12.4 Å². The SMILES string of the molecule is O=C(CCc1cccnc1)Cc1ccnc2ccccc12. The van der Waals surface area contributed by atoms with Crippen molar-refractivity contribution in [2.45, 2.75) is 19.3 Å². The maximum atomic E-state index is 12.2. The molecule has 0 amide bonds. The van der Waals surface area contributed by atoms with Gasteiger partial charge in [-0.1, -0.05) is 24.3 Å². The lowest BCUT2D eigenvalue weighted by Gasteiger charge is -2.05. The van der Waals surface area contributed by atoms with Gasteiger partial charge in [-0.15, -0.1) is 0 Å². The molecule has 0 aliphatic carbocycles. The number of carbonyl (C=O) groups is 1. The minimum absolute atomic E-state index is 0.246. The van der Waals surface area contributed by atoms with Crippen molar-refractivity contribution in [3.63, 3.8) is 0 Å². The molecule has 0 unspecified atom stereocenters. The molecule has 0 atom stereocenters. The number of nitrogens with zero attached hydrogens (tertiary/aromatic N) is 2. The molecule has 0 bridgehead atoms. The summed E-state index contributed by atoms with van der Waals surface area (Å²) in [4.78, 5) is 20.6. The first-order valence-electron chi connectivity index (χ1n) is 7.06. The fourth-order valence-electron chi connectivity index (χ4n) is 2.44. The lowest BCUT2D eigenvalue weighted by Crippen LogP contribution is -2.05. The summed E-state index contributed by atoms with van der Waals surface area (Å²) >= 11 is 0. The van der Waals surface area contributed by atoms with E-state index >= 15 is 0 Å². The average molecular weight is 276 g/mol. The molecule has 2 aromatic heterocycles. The van der Waals surface area contributed by atoms with E-state index in [1.807, 2.05) is 48.7 Å². The van der Waals surface area contributed by atoms with Crippen molar-refractivity contribution in [2.75, 3.05) is 0 Å². The van der Waals surface area contributed by atoms with Crippen LogP contribution in [0.25, 0.3) is 10.9 Å².